The predicted octanol–water partition coefficient (Wildman–Crippen LogP) is 1.36. The Hall–Kier alpha value is -1.10. The van der Waals surface area contributed by atoms with Gasteiger partial charge in [0.15, 0.2) is 0 Å². The van der Waals surface area contributed by atoms with E-state index < -0.39 is 0 Å². The normalized spacial score (nSPS) is 28.4. The summed E-state index contributed by atoms with van der Waals surface area (Å²) in [6.07, 6.45) is 3.09. The van der Waals surface area contributed by atoms with Crippen molar-refractivity contribution in [1.82, 2.24) is 4.90 Å². The molecule has 0 aromatic heterocycles. The number of likely N-dealkylation sites (tertiary alicyclic amines) is 1. The van der Waals surface area contributed by atoms with Crippen LogP contribution in [0.4, 0.5) is 0 Å². The van der Waals surface area contributed by atoms with Crippen LogP contribution in [0.25, 0.3) is 0 Å². The van der Waals surface area contributed by atoms with Crippen molar-refractivity contribution in [3.63, 3.8) is 0 Å². The molecule has 0 bridgehead atoms. The molecule has 5 heteroatoms. The van der Waals surface area contributed by atoms with Gasteiger partial charge >= 0.3 is 5.97 Å². The molecule has 2 aliphatic heterocycles. The van der Waals surface area contributed by atoms with Gasteiger partial charge in [0.25, 0.3) is 5.91 Å². The van der Waals surface area contributed by atoms with Gasteiger partial charge in [0, 0.05) is 13.1 Å². The van der Waals surface area contributed by atoms with Gasteiger partial charge in [0.1, 0.15) is 6.10 Å². The number of ether oxygens (including phenoxy) is 2. The molecule has 2 saturated heterocycles. The predicted molar refractivity (Wildman–Crippen MR) is 69.5 cm³/mol. The summed E-state index contributed by atoms with van der Waals surface area (Å²) in [5.41, 5.74) is 0. The average Bonchev–Trinajstić information content (AvgIpc) is 2.85. The summed E-state index contributed by atoms with van der Waals surface area (Å²) in [5.74, 6) is -0.0839. The Bertz CT molecular complexity index is 336. The zero-order chi connectivity index (χ0) is 13.8. The van der Waals surface area contributed by atoms with E-state index in [9.17, 15) is 9.59 Å². The van der Waals surface area contributed by atoms with E-state index in [4.69, 9.17) is 9.47 Å². The number of nitrogens with zero attached hydrogens (tertiary/aromatic N) is 1. The highest BCUT2D eigenvalue weighted by atomic mass is 16.5. The Morgan fingerprint density at radius 3 is 2.42 bits per heavy atom. The fourth-order valence-corrected chi connectivity index (χ4v) is 2.78. The summed E-state index contributed by atoms with van der Waals surface area (Å²) in [6, 6.07) is 0. The smallest absolute Gasteiger partial charge is 0.309 e. The van der Waals surface area contributed by atoms with E-state index in [-0.39, 0.29) is 30.0 Å². The zero-order valence-electron chi connectivity index (χ0n) is 11.8. The van der Waals surface area contributed by atoms with Gasteiger partial charge in [-0.2, -0.15) is 0 Å². The van der Waals surface area contributed by atoms with Crippen LogP contribution >= 0.6 is 0 Å². The Morgan fingerprint density at radius 2 is 1.89 bits per heavy atom. The standard InChI is InChI=1S/C14H23NO4/c1-3-18-14(17)11-6-8-15(9-7-11)13(16)12-5-4-10(2)19-12/h10-12H,3-9H2,1-2H3. The fraction of sp³-hybridized carbons (Fsp3) is 0.857. The molecule has 108 valence electrons. The van der Waals surface area contributed by atoms with Crippen LogP contribution in [0.3, 0.4) is 0 Å². The van der Waals surface area contributed by atoms with Crippen molar-refractivity contribution in [2.24, 2.45) is 5.92 Å². The number of carbonyl (C=O) groups excluding carboxylic acids is 2. The number of hydrogen-bond donors (Lipinski definition) is 0. The Balaban J connectivity index is 1.79. The number of hydrogen-bond acceptors (Lipinski definition) is 4. The summed E-state index contributed by atoms with van der Waals surface area (Å²) in [6.45, 7) is 5.51. The lowest BCUT2D eigenvalue weighted by Gasteiger charge is -2.32. The average molecular weight is 269 g/mol. The van der Waals surface area contributed by atoms with Crippen molar-refractivity contribution < 1.29 is 19.1 Å². The van der Waals surface area contributed by atoms with E-state index in [1.54, 1.807) is 0 Å². The molecule has 0 spiro atoms. The Kier molecular flexibility index (Phi) is 4.80. The molecule has 1 amide bonds. The van der Waals surface area contributed by atoms with Gasteiger partial charge < -0.3 is 14.4 Å². The van der Waals surface area contributed by atoms with E-state index in [1.807, 2.05) is 18.7 Å². The highest BCUT2D eigenvalue weighted by Crippen LogP contribution is 2.24. The summed E-state index contributed by atoms with van der Waals surface area (Å²) in [4.78, 5) is 25.7. The molecule has 2 fully saturated rings. The van der Waals surface area contributed by atoms with E-state index >= 15 is 0 Å². The monoisotopic (exact) mass is 269 g/mol. The summed E-state index contributed by atoms with van der Waals surface area (Å²) in [7, 11) is 0. The van der Waals surface area contributed by atoms with Crippen molar-refractivity contribution in [3.05, 3.63) is 0 Å². The zero-order valence-corrected chi connectivity index (χ0v) is 11.8. The maximum atomic E-state index is 12.2. The summed E-state index contributed by atoms with van der Waals surface area (Å²) < 4.78 is 10.6. The topological polar surface area (TPSA) is 55.8 Å². The first-order chi connectivity index (χ1) is 9.11. The molecule has 0 aromatic carbocycles. The molecular formula is C14H23NO4. The minimum atomic E-state index is -0.269. The number of piperidine rings is 1. The highest BCUT2D eigenvalue weighted by Gasteiger charge is 2.34. The minimum Gasteiger partial charge on any atom is -0.466 e. The lowest BCUT2D eigenvalue weighted by atomic mass is 9.96. The first-order valence-electron chi connectivity index (χ1n) is 7.22. The first-order valence-corrected chi connectivity index (χ1v) is 7.22. The summed E-state index contributed by atoms with van der Waals surface area (Å²) >= 11 is 0. The minimum absolute atomic E-state index is 0.0487. The Morgan fingerprint density at radius 1 is 1.21 bits per heavy atom. The number of esters is 1. The third-order valence-electron chi connectivity index (χ3n) is 3.93. The van der Waals surface area contributed by atoms with Crippen LogP contribution in [0.1, 0.15) is 39.5 Å². The van der Waals surface area contributed by atoms with Crippen LogP contribution < -0.4 is 0 Å². The van der Waals surface area contributed by atoms with E-state index in [0.717, 1.165) is 12.8 Å². The van der Waals surface area contributed by atoms with Crippen LogP contribution in [0.15, 0.2) is 0 Å². The second kappa shape index (κ2) is 6.37. The molecule has 19 heavy (non-hydrogen) atoms. The molecular weight excluding hydrogens is 246 g/mol. The number of rotatable bonds is 3. The summed E-state index contributed by atoms with van der Waals surface area (Å²) in [5, 5.41) is 0. The van der Waals surface area contributed by atoms with Gasteiger partial charge in [-0.3, -0.25) is 9.59 Å². The van der Waals surface area contributed by atoms with E-state index in [1.165, 1.54) is 0 Å². The third-order valence-corrected chi connectivity index (χ3v) is 3.93. The SMILES string of the molecule is CCOC(=O)C1CCN(C(=O)C2CCC(C)O2)CC1. The fourth-order valence-electron chi connectivity index (χ4n) is 2.78. The van der Waals surface area contributed by atoms with Crippen molar-refractivity contribution in [3.8, 4) is 0 Å². The maximum Gasteiger partial charge on any atom is 0.309 e. The molecule has 2 unspecified atom stereocenters. The second-order valence-electron chi connectivity index (χ2n) is 5.36. The van der Waals surface area contributed by atoms with Gasteiger partial charge in [-0.25, -0.2) is 0 Å². The maximum absolute atomic E-state index is 12.2. The van der Waals surface area contributed by atoms with Gasteiger partial charge in [0.05, 0.1) is 18.6 Å². The molecule has 0 N–H and O–H groups in total. The molecule has 0 aromatic rings. The number of amides is 1. The molecule has 0 radical (unpaired) electrons. The van der Waals surface area contributed by atoms with Gasteiger partial charge in [-0.1, -0.05) is 0 Å². The first kappa shape index (κ1) is 14.3. The molecule has 2 atom stereocenters. The largest absolute Gasteiger partial charge is 0.466 e. The molecule has 2 heterocycles. The Labute approximate surface area is 114 Å². The molecule has 0 aliphatic carbocycles. The van der Waals surface area contributed by atoms with Crippen LogP contribution in [0.5, 0.6) is 0 Å². The third kappa shape index (κ3) is 3.47. The van der Waals surface area contributed by atoms with Crippen LogP contribution in [0.2, 0.25) is 0 Å². The van der Waals surface area contributed by atoms with Crippen LogP contribution in [-0.4, -0.2) is 48.7 Å². The highest BCUT2D eigenvalue weighted by molar-refractivity contribution is 5.81. The van der Waals surface area contributed by atoms with Crippen molar-refractivity contribution >= 4 is 11.9 Å². The molecule has 0 saturated carbocycles. The molecule has 5 nitrogen and oxygen atoms in total. The van der Waals surface area contributed by atoms with E-state index in [2.05, 4.69) is 0 Å². The van der Waals surface area contributed by atoms with Crippen molar-refractivity contribution in [2.45, 2.75) is 51.7 Å². The van der Waals surface area contributed by atoms with Crippen molar-refractivity contribution in [2.75, 3.05) is 19.7 Å². The lowest BCUT2D eigenvalue weighted by Crippen LogP contribution is -2.45. The van der Waals surface area contributed by atoms with E-state index in [0.29, 0.717) is 32.5 Å². The van der Waals surface area contributed by atoms with Gasteiger partial charge in [-0.15, -0.1) is 0 Å². The van der Waals surface area contributed by atoms with Crippen molar-refractivity contribution in [1.29, 1.82) is 0 Å². The van der Waals surface area contributed by atoms with Crippen LogP contribution in [0, 0.1) is 5.92 Å². The lowest BCUT2D eigenvalue weighted by molar-refractivity contribution is -0.153. The second-order valence-corrected chi connectivity index (χ2v) is 5.36. The van der Waals surface area contributed by atoms with Gasteiger partial charge in [-0.05, 0) is 39.5 Å². The number of carbonyl (C=O) groups is 2. The quantitative estimate of drug-likeness (QED) is 0.726. The molecule has 2 rings (SSSR count). The van der Waals surface area contributed by atoms with Gasteiger partial charge in [0.2, 0.25) is 0 Å². The molecule has 2 aliphatic rings. The van der Waals surface area contributed by atoms with Crippen LogP contribution in [-0.2, 0) is 19.1 Å².